The van der Waals surface area contributed by atoms with Crippen LogP contribution in [0.3, 0.4) is 0 Å². The fourth-order valence-electron chi connectivity index (χ4n) is 2.80. The molecule has 1 fully saturated rings. The molecule has 1 saturated heterocycles. The molecule has 1 heterocycles. The smallest absolute Gasteiger partial charge is 0.307 e. The Morgan fingerprint density at radius 3 is 2.30 bits per heavy atom. The number of esters is 1. The lowest BCUT2D eigenvalue weighted by Gasteiger charge is -2.34. The van der Waals surface area contributed by atoms with E-state index in [-0.39, 0.29) is 19.2 Å². The number of hydrogen-bond acceptors (Lipinski definition) is 6. The second-order valence-corrected chi connectivity index (χ2v) is 6.19. The van der Waals surface area contributed by atoms with Crippen molar-refractivity contribution in [2.45, 2.75) is 39.0 Å². The van der Waals surface area contributed by atoms with E-state index in [1.807, 2.05) is 0 Å². The van der Waals surface area contributed by atoms with Crippen LogP contribution in [0.5, 0.6) is 0 Å². The highest BCUT2D eigenvalue weighted by atomic mass is 16.5. The highest BCUT2D eigenvalue weighted by Crippen LogP contribution is 2.05. The van der Waals surface area contributed by atoms with Gasteiger partial charge in [-0.3, -0.25) is 4.79 Å². The van der Waals surface area contributed by atoms with Crippen molar-refractivity contribution in [3.63, 3.8) is 0 Å². The van der Waals surface area contributed by atoms with E-state index >= 15 is 0 Å². The molecule has 0 radical (unpaired) electrons. The number of rotatable bonds is 13. The largest absolute Gasteiger partial charge is 0.463 e. The minimum absolute atomic E-state index is 0.100. The molecule has 0 saturated carbocycles. The summed E-state index contributed by atoms with van der Waals surface area (Å²) in [6.45, 7) is 11.0. The number of piperazine rings is 1. The van der Waals surface area contributed by atoms with Gasteiger partial charge in [-0.1, -0.05) is 19.8 Å². The number of carbonyl (C=O) groups is 1. The molecule has 136 valence electrons. The molecule has 0 aromatic carbocycles. The van der Waals surface area contributed by atoms with Crippen molar-refractivity contribution in [1.29, 1.82) is 0 Å². The quantitative estimate of drug-likeness (QED) is 0.383. The van der Waals surface area contributed by atoms with Gasteiger partial charge in [0.05, 0.1) is 13.0 Å². The number of nitrogens with zero attached hydrogens (tertiary/aromatic N) is 2. The van der Waals surface area contributed by atoms with Gasteiger partial charge in [-0.25, -0.2) is 0 Å². The zero-order valence-electron chi connectivity index (χ0n) is 14.8. The summed E-state index contributed by atoms with van der Waals surface area (Å²) in [6, 6.07) is 0. The molecule has 0 spiro atoms. The van der Waals surface area contributed by atoms with Crippen molar-refractivity contribution >= 4 is 5.97 Å². The van der Waals surface area contributed by atoms with Crippen LogP contribution in [0.1, 0.15) is 39.0 Å². The molecule has 6 nitrogen and oxygen atoms in total. The molecular weight excluding hydrogens is 294 g/mol. The summed E-state index contributed by atoms with van der Waals surface area (Å²) in [7, 11) is 0. The van der Waals surface area contributed by atoms with Crippen molar-refractivity contribution in [3.05, 3.63) is 0 Å². The molecule has 0 aliphatic carbocycles. The Bertz CT molecular complexity index is 295. The molecule has 0 unspecified atom stereocenters. The summed E-state index contributed by atoms with van der Waals surface area (Å²) >= 11 is 0. The number of unbranched alkanes of at least 4 members (excludes halogenated alkanes) is 2. The van der Waals surface area contributed by atoms with Gasteiger partial charge < -0.3 is 25.0 Å². The Labute approximate surface area is 141 Å². The third-order valence-electron chi connectivity index (χ3n) is 4.23. The van der Waals surface area contributed by atoms with Crippen LogP contribution in [0.4, 0.5) is 0 Å². The number of aliphatic hydroxyl groups excluding tert-OH is 1. The predicted molar refractivity (Wildman–Crippen MR) is 92.6 cm³/mol. The van der Waals surface area contributed by atoms with Gasteiger partial charge >= 0.3 is 5.97 Å². The lowest BCUT2D eigenvalue weighted by Crippen LogP contribution is -2.47. The molecule has 1 aliphatic rings. The van der Waals surface area contributed by atoms with E-state index < -0.39 is 0 Å². The number of nitrogens with one attached hydrogen (secondary N) is 1. The fourth-order valence-corrected chi connectivity index (χ4v) is 2.80. The highest BCUT2D eigenvalue weighted by Gasteiger charge is 2.15. The Morgan fingerprint density at radius 1 is 1.04 bits per heavy atom. The van der Waals surface area contributed by atoms with Gasteiger partial charge in [0.2, 0.25) is 0 Å². The molecule has 1 aliphatic heterocycles. The van der Waals surface area contributed by atoms with Crippen molar-refractivity contribution in [1.82, 2.24) is 15.1 Å². The monoisotopic (exact) mass is 329 g/mol. The molecule has 6 heteroatoms. The van der Waals surface area contributed by atoms with E-state index in [1.165, 1.54) is 52.0 Å². The average molecular weight is 329 g/mol. The Hall–Kier alpha value is -0.690. The SMILES string of the molecule is CCCCCN1CCN(CCCNCCC(=O)OCCO)CC1. The van der Waals surface area contributed by atoms with Crippen LogP contribution in [-0.4, -0.2) is 86.4 Å². The summed E-state index contributed by atoms with van der Waals surface area (Å²) in [4.78, 5) is 16.3. The van der Waals surface area contributed by atoms with E-state index in [0.29, 0.717) is 13.0 Å². The maximum atomic E-state index is 11.2. The van der Waals surface area contributed by atoms with Crippen molar-refractivity contribution in [2.75, 3.05) is 65.6 Å². The molecule has 23 heavy (non-hydrogen) atoms. The molecule has 0 amide bonds. The first kappa shape index (κ1) is 20.4. The zero-order chi connectivity index (χ0) is 16.8. The van der Waals surface area contributed by atoms with Crippen LogP contribution in [0, 0.1) is 0 Å². The lowest BCUT2D eigenvalue weighted by molar-refractivity contribution is -0.144. The van der Waals surface area contributed by atoms with E-state index in [0.717, 1.165) is 19.5 Å². The standard InChI is InChI=1S/C17H35N3O3/c1-2-3-4-9-19-11-13-20(14-12-19)10-5-7-18-8-6-17(22)23-16-15-21/h18,21H,2-16H2,1H3. The molecular formula is C17H35N3O3. The second kappa shape index (κ2) is 13.7. The summed E-state index contributed by atoms with van der Waals surface area (Å²) in [6.07, 6.45) is 5.46. The molecule has 0 aromatic rings. The van der Waals surface area contributed by atoms with E-state index in [1.54, 1.807) is 0 Å². The first-order valence-corrected chi connectivity index (χ1v) is 9.18. The summed E-state index contributed by atoms with van der Waals surface area (Å²) in [5.74, 6) is -0.245. The zero-order valence-corrected chi connectivity index (χ0v) is 14.8. The number of carbonyl (C=O) groups excluding carboxylic acids is 1. The number of ether oxygens (including phenoxy) is 1. The van der Waals surface area contributed by atoms with Crippen LogP contribution in [0.15, 0.2) is 0 Å². The Balaban J connectivity index is 1.90. The highest BCUT2D eigenvalue weighted by molar-refractivity contribution is 5.69. The molecule has 1 rings (SSSR count). The second-order valence-electron chi connectivity index (χ2n) is 6.19. The van der Waals surface area contributed by atoms with Crippen LogP contribution in [-0.2, 0) is 9.53 Å². The van der Waals surface area contributed by atoms with Gasteiger partial charge in [0.1, 0.15) is 6.61 Å². The van der Waals surface area contributed by atoms with Gasteiger partial charge in [0.25, 0.3) is 0 Å². The normalized spacial score (nSPS) is 16.6. The van der Waals surface area contributed by atoms with Crippen LogP contribution in [0.25, 0.3) is 0 Å². The minimum Gasteiger partial charge on any atom is -0.463 e. The third-order valence-corrected chi connectivity index (χ3v) is 4.23. The maximum Gasteiger partial charge on any atom is 0.307 e. The summed E-state index contributed by atoms with van der Waals surface area (Å²) in [5.41, 5.74) is 0. The fraction of sp³-hybridized carbons (Fsp3) is 0.941. The molecule has 2 N–H and O–H groups in total. The Morgan fingerprint density at radius 2 is 1.70 bits per heavy atom. The van der Waals surface area contributed by atoms with Gasteiger partial charge in [-0.05, 0) is 32.5 Å². The van der Waals surface area contributed by atoms with Gasteiger partial charge in [-0.15, -0.1) is 0 Å². The first-order chi connectivity index (χ1) is 11.3. The minimum atomic E-state index is -0.245. The maximum absolute atomic E-state index is 11.2. The van der Waals surface area contributed by atoms with E-state index in [2.05, 4.69) is 22.0 Å². The molecule has 0 aromatic heterocycles. The van der Waals surface area contributed by atoms with Crippen LogP contribution >= 0.6 is 0 Å². The number of aliphatic hydroxyl groups is 1. The summed E-state index contributed by atoms with van der Waals surface area (Å²) < 4.78 is 4.80. The van der Waals surface area contributed by atoms with Crippen LogP contribution < -0.4 is 5.32 Å². The average Bonchev–Trinajstić information content (AvgIpc) is 2.57. The number of hydrogen-bond donors (Lipinski definition) is 2. The Kier molecular flexibility index (Phi) is 12.1. The molecule has 0 bridgehead atoms. The third kappa shape index (κ3) is 10.7. The van der Waals surface area contributed by atoms with Crippen molar-refractivity contribution < 1.29 is 14.6 Å². The molecule has 0 atom stereocenters. The lowest BCUT2D eigenvalue weighted by atomic mass is 10.2. The van der Waals surface area contributed by atoms with Crippen molar-refractivity contribution in [2.24, 2.45) is 0 Å². The van der Waals surface area contributed by atoms with Crippen LogP contribution in [0.2, 0.25) is 0 Å². The van der Waals surface area contributed by atoms with Crippen molar-refractivity contribution in [3.8, 4) is 0 Å². The van der Waals surface area contributed by atoms with Gasteiger partial charge in [0.15, 0.2) is 0 Å². The van der Waals surface area contributed by atoms with E-state index in [9.17, 15) is 4.79 Å². The van der Waals surface area contributed by atoms with Gasteiger partial charge in [0, 0.05) is 32.7 Å². The summed E-state index contributed by atoms with van der Waals surface area (Å²) in [5, 5.41) is 11.8. The topological polar surface area (TPSA) is 65.0 Å². The predicted octanol–water partition coefficient (Wildman–Crippen LogP) is 0.700. The van der Waals surface area contributed by atoms with E-state index in [4.69, 9.17) is 9.84 Å². The first-order valence-electron chi connectivity index (χ1n) is 9.18. The van der Waals surface area contributed by atoms with Gasteiger partial charge in [-0.2, -0.15) is 0 Å².